The highest BCUT2D eigenvalue weighted by atomic mass is 35.5. The summed E-state index contributed by atoms with van der Waals surface area (Å²) in [5, 5.41) is 16.0. The van der Waals surface area contributed by atoms with Gasteiger partial charge in [-0.15, -0.1) is 11.8 Å². The molecule has 0 radical (unpaired) electrons. The molecule has 7 nitrogen and oxygen atoms in total. The van der Waals surface area contributed by atoms with E-state index in [-0.39, 0.29) is 5.91 Å². The van der Waals surface area contributed by atoms with Gasteiger partial charge in [0.05, 0.1) is 17.5 Å². The molecule has 2 unspecified atom stereocenters. The summed E-state index contributed by atoms with van der Waals surface area (Å²) in [4.78, 5) is 41.0. The minimum Gasteiger partial charge on any atom is -0.481 e. The predicted octanol–water partition coefficient (Wildman–Crippen LogP) is 3.92. The third-order valence-corrected chi connectivity index (χ3v) is 6.53. The number of hydrogen-bond donors (Lipinski definition) is 3. The molecule has 0 saturated carbocycles. The van der Waals surface area contributed by atoms with Crippen molar-refractivity contribution in [3.8, 4) is 0 Å². The molecule has 2 atom stereocenters. The number of carbonyl (C=O) groups excluding carboxylic acids is 2. The van der Waals surface area contributed by atoms with Crippen LogP contribution in [0, 0.1) is 5.92 Å². The van der Waals surface area contributed by atoms with Crippen LogP contribution in [0.3, 0.4) is 0 Å². The van der Waals surface area contributed by atoms with Gasteiger partial charge in [0.1, 0.15) is 5.92 Å². The highest BCUT2D eigenvalue weighted by Crippen LogP contribution is 2.36. The summed E-state index contributed by atoms with van der Waals surface area (Å²) in [5.74, 6) is -1.87. The number of anilines is 1. The summed E-state index contributed by atoms with van der Waals surface area (Å²) in [6.07, 6.45) is 0.765. The maximum absolute atomic E-state index is 12.3. The first kappa shape index (κ1) is 20.4. The number of nitrogens with zero attached hydrogens (tertiary/aromatic N) is 1. The summed E-state index contributed by atoms with van der Waals surface area (Å²) in [6, 6.07) is 11.3. The highest BCUT2D eigenvalue weighted by Gasteiger charge is 2.39. The Balaban J connectivity index is 1.63. The lowest BCUT2D eigenvalue weighted by atomic mass is 9.85. The molecular formula is C21H18ClN3O4S. The van der Waals surface area contributed by atoms with Gasteiger partial charge in [-0.1, -0.05) is 35.9 Å². The topological polar surface area (TPSA) is 108 Å². The molecular weight excluding hydrogens is 426 g/mol. The van der Waals surface area contributed by atoms with Crippen molar-refractivity contribution in [2.45, 2.75) is 23.8 Å². The Morgan fingerprint density at radius 3 is 2.77 bits per heavy atom. The van der Waals surface area contributed by atoms with E-state index in [1.807, 2.05) is 24.3 Å². The SMILES string of the molecule is O=C1CSc2ccc(C3NC(=O)N=C(CCc4ccccc4Cl)C3C(=O)O)cc2N1. The number of rotatable bonds is 5. The number of halogens is 1. The molecule has 30 heavy (non-hydrogen) atoms. The predicted molar refractivity (Wildman–Crippen MR) is 115 cm³/mol. The number of aliphatic carboxylic acids is 1. The highest BCUT2D eigenvalue weighted by molar-refractivity contribution is 8.00. The zero-order chi connectivity index (χ0) is 21.3. The third kappa shape index (κ3) is 4.20. The van der Waals surface area contributed by atoms with Crippen LogP contribution in [0.25, 0.3) is 0 Å². The molecule has 3 amide bonds. The van der Waals surface area contributed by atoms with Crippen molar-refractivity contribution in [2.24, 2.45) is 10.9 Å². The molecule has 3 N–H and O–H groups in total. The summed E-state index contributed by atoms with van der Waals surface area (Å²) in [6.45, 7) is 0. The molecule has 2 heterocycles. The van der Waals surface area contributed by atoms with Crippen LogP contribution in [0.5, 0.6) is 0 Å². The van der Waals surface area contributed by atoms with Crippen LogP contribution in [0.1, 0.15) is 23.6 Å². The molecule has 2 aliphatic heterocycles. The Labute approximate surface area is 181 Å². The van der Waals surface area contributed by atoms with Crippen LogP contribution < -0.4 is 10.6 Å². The second kappa shape index (κ2) is 8.49. The number of carboxylic acid groups (broad SMARTS) is 1. The quantitative estimate of drug-likeness (QED) is 0.649. The van der Waals surface area contributed by atoms with Gasteiger partial charge in [-0.2, -0.15) is 0 Å². The van der Waals surface area contributed by atoms with Crippen molar-refractivity contribution >= 4 is 52.7 Å². The second-order valence-electron chi connectivity index (χ2n) is 7.03. The Hall–Kier alpha value is -2.84. The van der Waals surface area contributed by atoms with Crippen LogP contribution in [-0.2, 0) is 16.0 Å². The van der Waals surface area contributed by atoms with E-state index in [1.54, 1.807) is 18.2 Å². The number of fused-ring (bicyclic) bond motifs is 1. The molecule has 0 spiro atoms. The van der Waals surface area contributed by atoms with Gasteiger partial charge in [0.2, 0.25) is 5.91 Å². The number of carboxylic acids is 1. The van der Waals surface area contributed by atoms with Gasteiger partial charge in [-0.3, -0.25) is 9.59 Å². The maximum atomic E-state index is 12.3. The number of nitrogens with one attached hydrogen (secondary N) is 2. The average molecular weight is 444 g/mol. The third-order valence-electron chi connectivity index (χ3n) is 5.09. The van der Waals surface area contributed by atoms with E-state index < -0.39 is 24.0 Å². The molecule has 0 fully saturated rings. The smallest absolute Gasteiger partial charge is 0.341 e. The van der Waals surface area contributed by atoms with Gasteiger partial charge in [-0.25, -0.2) is 9.79 Å². The molecule has 0 bridgehead atoms. The van der Waals surface area contributed by atoms with Gasteiger partial charge >= 0.3 is 12.0 Å². The van der Waals surface area contributed by atoms with Crippen molar-refractivity contribution in [1.29, 1.82) is 0 Å². The van der Waals surface area contributed by atoms with Crippen molar-refractivity contribution in [3.05, 3.63) is 58.6 Å². The number of hydrogen-bond acceptors (Lipinski definition) is 4. The number of benzene rings is 2. The Morgan fingerprint density at radius 1 is 1.20 bits per heavy atom. The van der Waals surface area contributed by atoms with E-state index in [9.17, 15) is 19.5 Å². The largest absolute Gasteiger partial charge is 0.481 e. The normalized spacial score (nSPS) is 20.6. The first-order chi connectivity index (χ1) is 14.4. The zero-order valence-electron chi connectivity index (χ0n) is 15.7. The first-order valence-corrected chi connectivity index (χ1v) is 10.7. The van der Waals surface area contributed by atoms with Crippen molar-refractivity contribution in [1.82, 2.24) is 5.32 Å². The number of aryl methyl sites for hydroxylation is 1. The fourth-order valence-electron chi connectivity index (χ4n) is 3.67. The van der Waals surface area contributed by atoms with Crippen LogP contribution in [0.2, 0.25) is 5.02 Å². The number of carbonyl (C=O) groups is 3. The minimum absolute atomic E-state index is 0.117. The minimum atomic E-state index is -1.07. The van der Waals surface area contributed by atoms with Crippen LogP contribution >= 0.6 is 23.4 Å². The Bertz CT molecular complexity index is 1070. The van der Waals surface area contributed by atoms with E-state index in [2.05, 4.69) is 15.6 Å². The van der Waals surface area contributed by atoms with E-state index in [0.29, 0.717) is 40.6 Å². The molecule has 0 aromatic heterocycles. The monoisotopic (exact) mass is 443 g/mol. The molecule has 9 heteroatoms. The molecule has 2 aromatic rings. The molecule has 4 rings (SSSR count). The van der Waals surface area contributed by atoms with E-state index in [1.165, 1.54) is 11.8 Å². The van der Waals surface area contributed by atoms with E-state index in [4.69, 9.17) is 11.6 Å². The zero-order valence-corrected chi connectivity index (χ0v) is 17.3. The molecule has 0 aliphatic carbocycles. The average Bonchev–Trinajstić information content (AvgIpc) is 2.71. The fraction of sp³-hybridized carbons (Fsp3) is 0.238. The standard InChI is InChI=1S/C21H18ClN3O4S/c22-13-4-2-1-3-11(13)5-7-14-18(20(27)28)19(25-21(29)24-14)12-6-8-16-15(9-12)23-17(26)10-30-16/h1-4,6,8-9,18-19H,5,7,10H2,(H,23,26)(H,25,29)(H,27,28). The van der Waals surface area contributed by atoms with Gasteiger partial charge in [0, 0.05) is 15.6 Å². The number of aliphatic imine (C=N–C) groups is 1. The molecule has 2 aliphatic rings. The van der Waals surface area contributed by atoms with E-state index in [0.717, 1.165) is 10.5 Å². The van der Waals surface area contributed by atoms with Crippen molar-refractivity contribution in [3.63, 3.8) is 0 Å². The number of amides is 3. The lowest BCUT2D eigenvalue weighted by molar-refractivity contribution is -0.140. The van der Waals surface area contributed by atoms with Crippen molar-refractivity contribution < 1.29 is 19.5 Å². The van der Waals surface area contributed by atoms with Crippen LogP contribution in [-0.4, -0.2) is 34.5 Å². The second-order valence-corrected chi connectivity index (χ2v) is 8.45. The maximum Gasteiger partial charge on any atom is 0.341 e. The van der Waals surface area contributed by atoms with Crippen LogP contribution in [0.15, 0.2) is 52.4 Å². The number of urea groups is 1. The van der Waals surface area contributed by atoms with Crippen molar-refractivity contribution in [2.75, 3.05) is 11.1 Å². The lowest BCUT2D eigenvalue weighted by Gasteiger charge is -2.30. The molecule has 2 aromatic carbocycles. The van der Waals surface area contributed by atoms with Gasteiger partial charge < -0.3 is 15.7 Å². The Morgan fingerprint density at radius 2 is 2.00 bits per heavy atom. The summed E-state index contributed by atoms with van der Waals surface area (Å²) in [5.41, 5.74) is 2.38. The van der Waals surface area contributed by atoms with Crippen LogP contribution in [0.4, 0.5) is 10.5 Å². The number of thioether (sulfide) groups is 1. The molecule has 154 valence electrons. The van der Waals surface area contributed by atoms with Gasteiger partial charge in [0.15, 0.2) is 0 Å². The summed E-state index contributed by atoms with van der Waals surface area (Å²) in [7, 11) is 0. The summed E-state index contributed by atoms with van der Waals surface area (Å²) < 4.78 is 0. The lowest BCUT2D eigenvalue weighted by Crippen LogP contribution is -2.44. The van der Waals surface area contributed by atoms with Gasteiger partial charge in [-0.05, 0) is 42.2 Å². The fourth-order valence-corrected chi connectivity index (χ4v) is 4.69. The molecule has 0 saturated heterocycles. The van der Waals surface area contributed by atoms with E-state index >= 15 is 0 Å². The first-order valence-electron chi connectivity index (χ1n) is 9.33. The summed E-state index contributed by atoms with van der Waals surface area (Å²) >= 11 is 7.62. The van der Waals surface area contributed by atoms with Gasteiger partial charge in [0.25, 0.3) is 0 Å². The Kier molecular flexibility index (Phi) is 5.78.